The van der Waals surface area contributed by atoms with Gasteiger partial charge in [0.1, 0.15) is 0 Å². The largest absolute Gasteiger partial charge is 0.304 e. The molecule has 0 spiro atoms. The maximum atomic E-state index is 2.61. The standard InChI is InChI=1S/C14H30N2/c1-12(2)15(5)9-6-14-7-10-16(11-8-14)13(3)4/h12-14H,6-11H2,1-5H3. The van der Waals surface area contributed by atoms with Crippen LogP contribution in [0.1, 0.15) is 47.0 Å². The van der Waals surface area contributed by atoms with Crippen molar-refractivity contribution < 1.29 is 0 Å². The van der Waals surface area contributed by atoms with E-state index < -0.39 is 0 Å². The minimum absolute atomic E-state index is 0.691. The maximum Gasteiger partial charge on any atom is 0.00385 e. The maximum absolute atomic E-state index is 2.61. The molecule has 0 atom stereocenters. The average molecular weight is 226 g/mol. The molecular weight excluding hydrogens is 196 g/mol. The second kappa shape index (κ2) is 6.61. The van der Waals surface area contributed by atoms with Crippen LogP contribution in [0.3, 0.4) is 0 Å². The van der Waals surface area contributed by atoms with Crippen molar-refractivity contribution in [1.82, 2.24) is 9.80 Å². The van der Waals surface area contributed by atoms with Crippen LogP contribution in [0.2, 0.25) is 0 Å². The highest BCUT2D eigenvalue weighted by Gasteiger charge is 2.20. The Kier molecular flexibility index (Phi) is 5.77. The van der Waals surface area contributed by atoms with Gasteiger partial charge in [-0.25, -0.2) is 0 Å². The van der Waals surface area contributed by atoms with E-state index in [2.05, 4.69) is 44.5 Å². The molecule has 96 valence electrons. The lowest BCUT2D eigenvalue weighted by molar-refractivity contribution is 0.136. The van der Waals surface area contributed by atoms with E-state index in [1.807, 2.05) is 0 Å². The van der Waals surface area contributed by atoms with E-state index in [1.54, 1.807) is 0 Å². The van der Waals surface area contributed by atoms with Crippen LogP contribution in [0, 0.1) is 5.92 Å². The van der Waals surface area contributed by atoms with Crippen LogP contribution in [-0.4, -0.2) is 48.6 Å². The van der Waals surface area contributed by atoms with Crippen LogP contribution in [0.4, 0.5) is 0 Å². The van der Waals surface area contributed by atoms with Crippen LogP contribution in [-0.2, 0) is 0 Å². The van der Waals surface area contributed by atoms with Crippen molar-refractivity contribution in [2.24, 2.45) is 5.92 Å². The fourth-order valence-corrected chi connectivity index (χ4v) is 2.40. The minimum Gasteiger partial charge on any atom is -0.304 e. The smallest absolute Gasteiger partial charge is 0.00385 e. The Morgan fingerprint density at radius 2 is 1.69 bits per heavy atom. The molecule has 0 aliphatic carbocycles. The van der Waals surface area contributed by atoms with Gasteiger partial charge in [-0.15, -0.1) is 0 Å². The van der Waals surface area contributed by atoms with E-state index >= 15 is 0 Å². The summed E-state index contributed by atoms with van der Waals surface area (Å²) < 4.78 is 0. The van der Waals surface area contributed by atoms with Crippen molar-refractivity contribution in [3.8, 4) is 0 Å². The van der Waals surface area contributed by atoms with Gasteiger partial charge in [-0.05, 0) is 79.6 Å². The van der Waals surface area contributed by atoms with Crippen LogP contribution >= 0.6 is 0 Å². The molecule has 0 N–H and O–H groups in total. The first-order valence-corrected chi connectivity index (χ1v) is 6.95. The highest BCUT2D eigenvalue weighted by atomic mass is 15.2. The number of hydrogen-bond donors (Lipinski definition) is 0. The second-order valence-electron chi connectivity index (χ2n) is 5.94. The van der Waals surface area contributed by atoms with Gasteiger partial charge in [0.15, 0.2) is 0 Å². The molecule has 1 rings (SSSR count). The van der Waals surface area contributed by atoms with E-state index in [-0.39, 0.29) is 0 Å². The van der Waals surface area contributed by atoms with Crippen molar-refractivity contribution >= 4 is 0 Å². The Bertz CT molecular complexity index is 181. The molecule has 1 heterocycles. The normalized spacial score (nSPS) is 20.2. The van der Waals surface area contributed by atoms with Crippen LogP contribution in [0.25, 0.3) is 0 Å². The molecule has 1 saturated heterocycles. The topological polar surface area (TPSA) is 6.48 Å². The zero-order valence-corrected chi connectivity index (χ0v) is 11.9. The van der Waals surface area contributed by atoms with E-state index in [1.165, 1.54) is 38.9 Å². The fraction of sp³-hybridized carbons (Fsp3) is 1.00. The minimum atomic E-state index is 0.691. The van der Waals surface area contributed by atoms with Gasteiger partial charge >= 0.3 is 0 Å². The Balaban J connectivity index is 2.17. The fourth-order valence-electron chi connectivity index (χ4n) is 2.40. The molecule has 2 heteroatoms. The molecule has 0 radical (unpaired) electrons. The van der Waals surface area contributed by atoms with Gasteiger partial charge in [0.05, 0.1) is 0 Å². The number of likely N-dealkylation sites (tertiary alicyclic amines) is 1. The summed E-state index contributed by atoms with van der Waals surface area (Å²) in [5, 5.41) is 0. The number of rotatable bonds is 5. The molecule has 0 saturated carbocycles. The summed E-state index contributed by atoms with van der Waals surface area (Å²) in [7, 11) is 2.24. The van der Waals surface area contributed by atoms with Gasteiger partial charge in [0.2, 0.25) is 0 Å². The van der Waals surface area contributed by atoms with Crippen molar-refractivity contribution in [1.29, 1.82) is 0 Å². The molecule has 0 bridgehead atoms. The summed E-state index contributed by atoms with van der Waals surface area (Å²) >= 11 is 0. The molecule has 2 nitrogen and oxygen atoms in total. The molecule has 0 aromatic rings. The third-order valence-electron chi connectivity index (χ3n) is 4.15. The lowest BCUT2D eigenvalue weighted by Crippen LogP contribution is -2.39. The summed E-state index contributed by atoms with van der Waals surface area (Å²) in [6.07, 6.45) is 4.20. The number of hydrogen-bond acceptors (Lipinski definition) is 2. The molecule has 1 fully saturated rings. The van der Waals surface area contributed by atoms with E-state index in [0.29, 0.717) is 6.04 Å². The Morgan fingerprint density at radius 1 is 1.12 bits per heavy atom. The number of nitrogens with zero attached hydrogens (tertiary/aromatic N) is 2. The van der Waals surface area contributed by atoms with Crippen LogP contribution < -0.4 is 0 Å². The first-order chi connectivity index (χ1) is 7.50. The quantitative estimate of drug-likeness (QED) is 0.711. The van der Waals surface area contributed by atoms with Gasteiger partial charge in [0, 0.05) is 12.1 Å². The monoisotopic (exact) mass is 226 g/mol. The lowest BCUT2D eigenvalue weighted by Gasteiger charge is -2.35. The van der Waals surface area contributed by atoms with Crippen molar-refractivity contribution in [3.63, 3.8) is 0 Å². The molecule has 0 amide bonds. The van der Waals surface area contributed by atoms with Crippen molar-refractivity contribution in [2.75, 3.05) is 26.7 Å². The SMILES string of the molecule is CC(C)N(C)CCC1CCN(C(C)C)CC1. The van der Waals surface area contributed by atoms with Gasteiger partial charge in [-0.3, -0.25) is 0 Å². The number of piperidine rings is 1. The van der Waals surface area contributed by atoms with Crippen molar-refractivity contribution in [2.45, 2.75) is 59.0 Å². The summed E-state index contributed by atoms with van der Waals surface area (Å²) in [6, 6.07) is 1.43. The predicted octanol–water partition coefficient (Wildman–Crippen LogP) is 2.84. The Morgan fingerprint density at radius 3 is 2.12 bits per heavy atom. The van der Waals surface area contributed by atoms with Crippen LogP contribution in [0.15, 0.2) is 0 Å². The summed E-state index contributed by atoms with van der Waals surface area (Å²) in [5.74, 6) is 0.969. The average Bonchev–Trinajstić information content (AvgIpc) is 2.26. The predicted molar refractivity (Wildman–Crippen MR) is 71.8 cm³/mol. The zero-order chi connectivity index (χ0) is 12.1. The third-order valence-corrected chi connectivity index (χ3v) is 4.15. The summed E-state index contributed by atoms with van der Waals surface area (Å²) in [4.78, 5) is 5.08. The molecule has 16 heavy (non-hydrogen) atoms. The molecule has 0 aromatic heterocycles. The molecule has 0 aromatic carbocycles. The summed E-state index contributed by atoms with van der Waals surface area (Å²) in [5.41, 5.74) is 0. The third kappa shape index (κ3) is 4.42. The molecule has 1 aliphatic heterocycles. The van der Waals surface area contributed by atoms with E-state index in [9.17, 15) is 0 Å². The van der Waals surface area contributed by atoms with Gasteiger partial charge in [-0.1, -0.05) is 0 Å². The van der Waals surface area contributed by atoms with E-state index in [4.69, 9.17) is 0 Å². The zero-order valence-electron chi connectivity index (χ0n) is 11.9. The van der Waals surface area contributed by atoms with Gasteiger partial charge in [-0.2, -0.15) is 0 Å². The van der Waals surface area contributed by atoms with E-state index in [0.717, 1.165) is 12.0 Å². The summed E-state index contributed by atoms with van der Waals surface area (Å²) in [6.45, 7) is 13.1. The second-order valence-corrected chi connectivity index (χ2v) is 5.94. The molecule has 1 aliphatic rings. The molecule has 0 unspecified atom stereocenters. The Labute approximate surface area is 102 Å². The first-order valence-electron chi connectivity index (χ1n) is 6.95. The highest BCUT2D eigenvalue weighted by Crippen LogP contribution is 2.22. The van der Waals surface area contributed by atoms with Gasteiger partial charge in [0.25, 0.3) is 0 Å². The Hall–Kier alpha value is -0.0800. The van der Waals surface area contributed by atoms with Crippen LogP contribution in [0.5, 0.6) is 0 Å². The van der Waals surface area contributed by atoms with Gasteiger partial charge < -0.3 is 9.80 Å². The highest BCUT2D eigenvalue weighted by molar-refractivity contribution is 4.75. The van der Waals surface area contributed by atoms with Crippen molar-refractivity contribution in [3.05, 3.63) is 0 Å². The lowest BCUT2D eigenvalue weighted by atomic mass is 9.92. The first kappa shape index (κ1) is 14.0. The molecular formula is C14H30N2.